The van der Waals surface area contributed by atoms with Crippen molar-refractivity contribution in [3.05, 3.63) is 42.2 Å². The number of imidazole rings is 1. The van der Waals surface area contributed by atoms with Crippen LogP contribution in [-0.4, -0.2) is 27.1 Å². The second-order valence-corrected chi connectivity index (χ2v) is 5.10. The van der Waals surface area contributed by atoms with E-state index in [0.29, 0.717) is 23.0 Å². The minimum absolute atomic E-state index is 0.266. The highest BCUT2D eigenvalue weighted by Crippen LogP contribution is 2.22. The predicted molar refractivity (Wildman–Crippen MR) is 75.9 cm³/mol. The molecule has 1 aromatic heterocycles. The number of rotatable bonds is 3. The smallest absolute Gasteiger partial charge is 0.275 e. The monoisotopic (exact) mass is 288 g/mol. The first-order valence-electron chi connectivity index (χ1n) is 5.98. The van der Waals surface area contributed by atoms with Gasteiger partial charge in [0.05, 0.1) is 11.3 Å². The van der Waals surface area contributed by atoms with Crippen molar-refractivity contribution in [1.29, 1.82) is 0 Å². The van der Waals surface area contributed by atoms with Gasteiger partial charge in [-0.1, -0.05) is 23.9 Å². The van der Waals surface area contributed by atoms with Crippen LogP contribution in [-0.2, 0) is 7.05 Å². The number of hydrogen-bond donors (Lipinski definition) is 1. The van der Waals surface area contributed by atoms with Gasteiger partial charge < -0.3 is 9.30 Å². The SMILES string of the molecule is Cn1ccnc1SCC1=NNC(=O)c2ccccc2O1. The van der Waals surface area contributed by atoms with Gasteiger partial charge in [0.25, 0.3) is 5.91 Å². The first-order chi connectivity index (χ1) is 9.74. The Morgan fingerprint density at radius 1 is 1.40 bits per heavy atom. The summed E-state index contributed by atoms with van der Waals surface area (Å²) in [6.45, 7) is 0. The molecule has 0 unspecified atom stereocenters. The maximum absolute atomic E-state index is 11.8. The standard InChI is InChI=1S/C13H12N4O2S/c1-17-7-6-14-13(17)20-8-11-15-16-12(18)9-4-2-3-5-10(9)19-11/h2-7H,8H2,1H3,(H,16,18). The maximum atomic E-state index is 11.8. The van der Waals surface area contributed by atoms with E-state index in [-0.39, 0.29) is 5.91 Å². The fraction of sp³-hybridized carbons (Fsp3) is 0.154. The normalized spacial score (nSPS) is 13.8. The van der Waals surface area contributed by atoms with Gasteiger partial charge in [-0.25, -0.2) is 10.4 Å². The predicted octanol–water partition coefficient (Wildman–Crippen LogP) is 1.65. The molecule has 102 valence electrons. The van der Waals surface area contributed by atoms with Crippen molar-refractivity contribution < 1.29 is 9.53 Å². The Kier molecular flexibility index (Phi) is 3.42. The van der Waals surface area contributed by atoms with E-state index in [2.05, 4.69) is 15.5 Å². The maximum Gasteiger partial charge on any atom is 0.275 e. The molecule has 1 amide bonds. The third-order valence-electron chi connectivity index (χ3n) is 2.74. The molecule has 3 rings (SSSR count). The molecule has 7 heteroatoms. The molecule has 1 aromatic carbocycles. The van der Waals surface area contributed by atoms with Gasteiger partial charge in [-0.05, 0) is 12.1 Å². The largest absolute Gasteiger partial charge is 0.440 e. The van der Waals surface area contributed by atoms with Crippen molar-refractivity contribution in [3.63, 3.8) is 0 Å². The summed E-state index contributed by atoms with van der Waals surface area (Å²) in [6.07, 6.45) is 3.60. The van der Waals surface area contributed by atoms with Crippen LogP contribution in [0.3, 0.4) is 0 Å². The summed E-state index contributed by atoms with van der Waals surface area (Å²) in [4.78, 5) is 16.0. The van der Waals surface area contributed by atoms with Crippen molar-refractivity contribution in [2.75, 3.05) is 5.75 Å². The fourth-order valence-corrected chi connectivity index (χ4v) is 2.52. The second kappa shape index (κ2) is 5.38. The van der Waals surface area contributed by atoms with Crippen LogP contribution in [0.25, 0.3) is 0 Å². The van der Waals surface area contributed by atoms with E-state index >= 15 is 0 Å². The molecule has 0 saturated carbocycles. The lowest BCUT2D eigenvalue weighted by Gasteiger charge is -2.07. The lowest BCUT2D eigenvalue weighted by molar-refractivity contribution is 0.0955. The van der Waals surface area contributed by atoms with Crippen molar-refractivity contribution in [2.24, 2.45) is 12.1 Å². The van der Waals surface area contributed by atoms with Gasteiger partial charge in [0.15, 0.2) is 5.16 Å². The Morgan fingerprint density at radius 3 is 3.05 bits per heavy atom. The molecule has 2 heterocycles. The number of hydrogen-bond acceptors (Lipinski definition) is 5. The summed E-state index contributed by atoms with van der Waals surface area (Å²) < 4.78 is 7.59. The average molecular weight is 288 g/mol. The molecule has 20 heavy (non-hydrogen) atoms. The molecule has 0 fully saturated rings. The van der Waals surface area contributed by atoms with Gasteiger partial charge in [0.1, 0.15) is 5.75 Å². The fourth-order valence-electron chi connectivity index (χ4n) is 1.75. The van der Waals surface area contributed by atoms with E-state index in [4.69, 9.17) is 4.74 Å². The highest BCUT2D eigenvalue weighted by Gasteiger charge is 2.18. The van der Waals surface area contributed by atoms with Crippen LogP contribution in [0.5, 0.6) is 5.75 Å². The number of nitrogens with one attached hydrogen (secondary N) is 1. The minimum atomic E-state index is -0.266. The zero-order valence-electron chi connectivity index (χ0n) is 10.7. The first kappa shape index (κ1) is 12.7. The lowest BCUT2D eigenvalue weighted by atomic mass is 10.2. The van der Waals surface area contributed by atoms with Gasteiger partial charge in [0.2, 0.25) is 5.90 Å². The number of thioether (sulfide) groups is 1. The average Bonchev–Trinajstić information content (AvgIpc) is 2.79. The van der Waals surface area contributed by atoms with Crippen LogP contribution in [0.15, 0.2) is 46.9 Å². The van der Waals surface area contributed by atoms with Crippen LogP contribution in [0, 0.1) is 0 Å². The number of carbonyl (C=O) groups is 1. The molecule has 1 aliphatic rings. The van der Waals surface area contributed by atoms with E-state index in [1.165, 1.54) is 11.8 Å². The molecule has 0 bridgehead atoms. The van der Waals surface area contributed by atoms with Crippen molar-refractivity contribution in [3.8, 4) is 5.75 Å². The Labute approximate surface area is 119 Å². The van der Waals surface area contributed by atoms with E-state index < -0.39 is 0 Å². The Morgan fingerprint density at radius 2 is 2.25 bits per heavy atom. The van der Waals surface area contributed by atoms with Gasteiger partial charge in [-0.3, -0.25) is 4.79 Å². The zero-order chi connectivity index (χ0) is 13.9. The van der Waals surface area contributed by atoms with Crippen LogP contribution in [0.1, 0.15) is 10.4 Å². The van der Waals surface area contributed by atoms with Crippen molar-refractivity contribution >= 4 is 23.6 Å². The molecule has 0 aliphatic carbocycles. The van der Waals surface area contributed by atoms with Gasteiger partial charge >= 0.3 is 0 Å². The highest BCUT2D eigenvalue weighted by molar-refractivity contribution is 7.99. The van der Waals surface area contributed by atoms with Crippen LogP contribution in [0.4, 0.5) is 0 Å². The molecule has 0 atom stereocenters. The third-order valence-corrected chi connectivity index (χ3v) is 3.79. The molecule has 0 radical (unpaired) electrons. The van der Waals surface area contributed by atoms with Crippen molar-refractivity contribution in [1.82, 2.24) is 15.0 Å². The summed E-state index contributed by atoms with van der Waals surface area (Å²) in [7, 11) is 1.92. The number of para-hydroxylation sites is 1. The highest BCUT2D eigenvalue weighted by atomic mass is 32.2. The number of carbonyl (C=O) groups excluding carboxylic acids is 1. The van der Waals surface area contributed by atoms with Crippen LogP contribution < -0.4 is 10.2 Å². The Bertz CT molecular complexity index is 681. The van der Waals surface area contributed by atoms with E-state index in [0.717, 1.165) is 5.16 Å². The summed E-state index contributed by atoms with van der Waals surface area (Å²) >= 11 is 1.49. The van der Waals surface area contributed by atoms with Crippen LogP contribution >= 0.6 is 11.8 Å². The van der Waals surface area contributed by atoms with Crippen molar-refractivity contribution in [2.45, 2.75) is 5.16 Å². The third kappa shape index (κ3) is 2.53. The Balaban J connectivity index is 1.75. The number of nitrogens with zero attached hydrogens (tertiary/aromatic N) is 3. The zero-order valence-corrected chi connectivity index (χ0v) is 11.6. The summed E-state index contributed by atoms with van der Waals surface area (Å²) in [5.74, 6) is 1.18. The van der Waals surface area contributed by atoms with Gasteiger partial charge in [0, 0.05) is 19.4 Å². The molecule has 1 aliphatic heterocycles. The molecule has 1 N–H and O–H groups in total. The summed E-state index contributed by atoms with van der Waals surface area (Å²) in [6, 6.07) is 7.06. The van der Waals surface area contributed by atoms with E-state index in [1.54, 1.807) is 24.4 Å². The number of ether oxygens (including phenoxy) is 1. The number of amides is 1. The lowest BCUT2D eigenvalue weighted by Crippen LogP contribution is -2.18. The first-order valence-corrected chi connectivity index (χ1v) is 6.96. The Hall–Kier alpha value is -2.28. The molecule has 0 saturated heterocycles. The molecular weight excluding hydrogens is 276 g/mol. The quantitative estimate of drug-likeness (QED) is 0.872. The number of aromatic nitrogens is 2. The molecule has 0 spiro atoms. The van der Waals surface area contributed by atoms with E-state index in [9.17, 15) is 4.79 Å². The molecule has 2 aromatic rings. The topological polar surface area (TPSA) is 68.5 Å². The number of fused-ring (bicyclic) bond motifs is 1. The van der Waals surface area contributed by atoms with Gasteiger partial charge in [-0.2, -0.15) is 0 Å². The number of hydrazone groups is 1. The number of benzene rings is 1. The van der Waals surface area contributed by atoms with Gasteiger partial charge in [-0.15, -0.1) is 5.10 Å². The summed E-state index contributed by atoms with van der Waals surface area (Å²) in [5.41, 5.74) is 2.96. The van der Waals surface area contributed by atoms with Crippen LogP contribution in [0.2, 0.25) is 0 Å². The second-order valence-electron chi connectivity index (χ2n) is 4.15. The molecular formula is C13H12N4O2S. The van der Waals surface area contributed by atoms with E-state index in [1.807, 2.05) is 23.9 Å². The minimum Gasteiger partial charge on any atom is -0.440 e. The molecule has 6 nitrogen and oxygen atoms in total. The summed E-state index contributed by atoms with van der Waals surface area (Å²) in [5, 5.41) is 4.85. The number of aryl methyl sites for hydroxylation is 1.